The molecule has 0 saturated heterocycles. The van der Waals surface area contributed by atoms with Crippen molar-refractivity contribution in [3.63, 3.8) is 0 Å². The van der Waals surface area contributed by atoms with E-state index in [1.54, 1.807) is 5.38 Å². The van der Waals surface area contributed by atoms with Gasteiger partial charge in [0.2, 0.25) is 5.75 Å². The second-order valence-corrected chi connectivity index (χ2v) is 5.35. The Morgan fingerprint density at radius 1 is 1.36 bits per heavy atom. The van der Waals surface area contributed by atoms with Gasteiger partial charge in [-0.2, -0.15) is 0 Å². The van der Waals surface area contributed by atoms with Crippen molar-refractivity contribution in [3.8, 4) is 5.75 Å². The number of carbonyl (C=O) groups is 1. The van der Waals surface area contributed by atoms with E-state index in [4.69, 9.17) is 0 Å². The van der Waals surface area contributed by atoms with Gasteiger partial charge in [-0.3, -0.25) is 14.0 Å². The molecule has 22 heavy (non-hydrogen) atoms. The summed E-state index contributed by atoms with van der Waals surface area (Å²) in [5, 5.41) is 14.0. The van der Waals surface area contributed by atoms with Crippen molar-refractivity contribution < 1.29 is 14.3 Å². The Kier molecular flexibility index (Phi) is 3.60. The van der Waals surface area contributed by atoms with Gasteiger partial charge in [0, 0.05) is 18.1 Å². The van der Waals surface area contributed by atoms with Crippen molar-refractivity contribution in [1.82, 2.24) is 14.7 Å². The molecule has 0 aliphatic rings. The Balaban J connectivity index is 1.84. The molecule has 0 saturated carbocycles. The van der Waals surface area contributed by atoms with E-state index < -0.39 is 17.2 Å². The molecule has 0 bridgehead atoms. The lowest BCUT2D eigenvalue weighted by atomic mass is 10.2. The van der Waals surface area contributed by atoms with Crippen LogP contribution in [0.25, 0.3) is 4.96 Å². The number of thiazole rings is 1. The summed E-state index contributed by atoms with van der Waals surface area (Å²) in [6, 6.07) is 5.61. The molecule has 0 atom stereocenters. The number of nitrogens with one attached hydrogen (secondary N) is 1. The summed E-state index contributed by atoms with van der Waals surface area (Å²) in [6.07, 6.45) is 1.47. The minimum atomic E-state index is -0.701. The normalized spacial score (nSPS) is 10.8. The Bertz CT molecular complexity index is 902. The van der Waals surface area contributed by atoms with Gasteiger partial charge < -0.3 is 10.4 Å². The number of rotatable bonds is 3. The number of aromatic hydroxyl groups is 1. The standard InChI is InChI=1S/C14H10FN3O3S/c15-9-3-1-8(2-4-9)7-16-12(20)10-11(19)13(21)18-5-6-22-14(18)17-10/h1-6,19H,7H2,(H,16,20). The van der Waals surface area contributed by atoms with Gasteiger partial charge in [-0.1, -0.05) is 12.1 Å². The largest absolute Gasteiger partial charge is 0.501 e. The third-order valence-electron chi connectivity index (χ3n) is 3.02. The first-order valence-electron chi connectivity index (χ1n) is 6.28. The van der Waals surface area contributed by atoms with Gasteiger partial charge in [-0.15, -0.1) is 11.3 Å². The van der Waals surface area contributed by atoms with E-state index in [0.29, 0.717) is 10.5 Å². The molecule has 112 valence electrons. The van der Waals surface area contributed by atoms with Gasteiger partial charge >= 0.3 is 5.56 Å². The summed E-state index contributed by atoms with van der Waals surface area (Å²) in [5.74, 6) is -1.74. The summed E-state index contributed by atoms with van der Waals surface area (Å²) in [5.41, 5.74) is -0.337. The Hall–Kier alpha value is -2.74. The van der Waals surface area contributed by atoms with Crippen LogP contribution in [-0.2, 0) is 6.54 Å². The molecule has 1 amide bonds. The molecule has 2 aromatic heterocycles. The Morgan fingerprint density at radius 3 is 2.82 bits per heavy atom. The van der Waals surface area contributed by atoms with E-state index in [-0.39, 0.29) is 18.1 Å². The lowest BCUT2D eigenvalue weighted by Crippen LogP contribution is -2.27. The lowest BCUT2D eigenvalue weighted by Gasteiger charge is -2.06. The van der Waals surface area contributed by atoms with Crippen LogP contribution in [0.3, 0.4) is 0 Å². The molecular formula is C14H10FN3O3S. The molecular weight excluding hydrogens is 309 g/mol. The molecule has 0 aliphatic heterocycles. The third-order valence-corrected chi connectivity index (χ3v) is 3.78. The summed E-state index contributed by atoms with van der Waals surface area (Å²) in [7, 11) is 0. The molecule has 2 heterocycles. The zero-order valence-corrected chi connectivity index (χ0v) is 11.9. The molecule has 0 spiro atoms. The van der Waals surface area contributed by atoms with E-state index >= 15 is 0 Å². The van der Waals surface area contributed by atoms with Gasteiger partial charge in [0.05, 0.1) is 0 Å². The maximum Gasteiger partial charge on any atom is 0.301 e. The van der Waals surface area contributed by atoms with Crippen molar-refractivity contribution in [2.24, 2.45) is 0 Å². The fourth-order valence-corrected chi connectivity index (χ4v) is 2.60. The van der Waals surface area contributed by atoms with Crippen LogP contribution in [0.1, 0.15) is 16.1 Å². The maximum atomic E-state index is 12.8. The zero-order chi connectivity index (χ0) is 15.7. The summed E-state index contributed by atoms with van der Waals surface area (Å²) in [6.45, 7) is 0.129. The summed E-state index contributed by atoms with van der Waals surface area (Å²) >= 11 is 1.18. The first-order valence-corrected chi connectivity index (χ1v) is 7.15. The highest BCUT2D eigenvalue weighted by molar-refractivity contribution is 7.15. The monoisotopic (exact) mass is 319 g/mol. The highest BCUT2D eigenvalue weighted by Crippen LogP contribution is 2.14. The van der Waals surface area contributed by atoms with Crippen molar-refractivity contribution in [3.05, 3.63) is 63.3 Å². The van der Waals surface area contributed by atoms with Gasteiger partial charge in [0.15, 0.2) is 10.7 Å². The molecule has 1 aromatic carbocycles. The number of nitrogens with zero attached hydrogens (tertiary/aromatic N) is 2. The van der Waals surface area contributed by atoms with Crippen LogP contribution in [0.2, 0.25) is 0 Å². The quantitative estimate of drug-likeness (QED) is 0.767. The number of carbonyl (C=O) groups excluding carboxylic acids is 1. The predicted molar refractivity (Wildman–Crippen MR) is 78.6 cm³/mol. The molecule has 8 heteroatoms. The molecule has 0 aliphatic carbocycles. The highest BCUT2D eigenvalue weighted by atomic mass is 32.1. The second kappa shape index (κ2) is 5.57. The fourth-order valence-electron chi connectivity index (χ4n) is 1.90. The van der Waals surface area contributed by atoms with E-state index in [1.165, 1.54) is 41.8 Å². The van der Waals surface area contributed by atoms with Crippen LogP contribution >= 0.6 is 11.3 Å². The third kappa shape index (κ3) is 2.56. The van der Waals surface area contributed by atoms with Gasteiger partial charge in [-0.25, -0.2) is 9.37 Å². The SMILES string of the molecule is O=C(NCc1ccc(F)cc1)c1nc2sccn2c(=O)c1O. The van der Waals surface area contributed by atoms with E-state index in [2.05, 4.69) is 10.3 Å². The second-order valence-electron chi connectivity index (χ2n) is 4.48. The van der Waals surface area contributed by atoms with Crippen LogP contribution < -0.4 is 10.9 Å². The number of halogens is 1. The minimum absolute atomic E-state index is 0.129. The van der Waals surface area contributed by atoms with Crippen LogP contribution in [0.5, 0.6) is 5.75 Å². The number of hydrogen-bond donors (Lipinski definition) is 2. The van der Waals surface area contributed by atoms with Crippen molar-refractivity contribution in [1.29, 1.82) is 0 Å². The van der Waals surface area contributed by atoms with Crippen molar-refractivity contribution >= 4 is 22.2 Å². The molecule has 0 fully saturated rings. The van der Waals surface area contributed by atoms with Gasteiger partial charge in [-0.05, 0) is 17.7 Å². The minimum Gasteiger partial charge on any atom is -0.501 e. The summed E-state index contributed by atoms with van der Waals surface area (Å²) in [4.78, 5) is 28.3. The van der Waals surface area contributed by atoms with Crippen molar-refractivity contribution in [2.45, 2.75) is 6.54 Å². The average Bonchev–Trinajstić information content (AvgIpc) is 2.98. The maximum absolute atomic E-state index is 12.8. The zero-order valence-electron chi connectivity index (χ0n) is 11.1. The number of aromatic nitrogens is 2. The lowest BCUT2D eigenvalue weighted by molar-refractivity contribution is 0.0943. The average molecular weight is 319 g/mol. The van der Waals surface area contributed by atoms with Crippen molar-refractivity contribution in [2.75, 3.05) is 0 Å². The molecule has 0 radical (unpaired) electrons. The topological polar surface area (TPSA) is 83.7 Å². The first kappa shape index (κ1) is 14.2. The Labute approximate surface area is 127 Å². The number of amides is 1. The van der Waals surface area contributed by atoms with Gasteiger partial charge in [0.25, 0.3) is 5.91 Å². The van der Waals surface area contributed by atoms with Crippen LogP contribution in [-0.4, -0.2) is 20.4 Å². The molecule has 6 nitrogen and oxygen atoms in total. The van der Waals surface area contributed by atoms with E-state index in [9.17, 15) is 19.1 Å². The number of benzene rings is 1. The Morgan fingerprint density at radius 2 is 2.09 bits per heavy atom. The number of hydrogen-bond acceptors (Lipinski definition) is 5. The van der Waals surface area contributed by atoms with Gasteiger partial charge in [0.1, 0.15) is 5.82 Å². The van der Waals surface area contributed by atoms with E-state index in [1.807, 2.05) is 0 Å². The highest BCUT2D eigenvalue weighted by Gasteiger charge is 2.18. The molecule has 3 rings (SSSR count). The van der Waals surface area contributed by atoms with Crippen LogP contribution in [0, 0.1) is 5.82 Å². The fraction of sp³-hybridized carbons (Fsp3) is 0.0714. The van der Waals surface area contributed by atoms with Crippen LogP contribution in [0.15, 0.2) is 40.6 Å². The van der Waals surface area contributed by atoms with E-state index in [0.717, 1.165) is 4.40 Å². The van der Waals surface area contributed by atoms with Crippen LogP contribution in [0.4, 0.5) is 4.39 Å². The smallest absolute Gasteiger partial charge is 0.301 e. The predicted octanol–water partition coefficient (Wildman–Crippen LogP) is 1.53. The summed E-state index contributed by atoms with van der Waals surface area (Å²) < 4.78 is 14.0. The molecule has 3 aromatic rings. The molecule has 2 N–H and O–H groups in total. The number of fused-ring (bicyclic) bond motifs is 1. The molecule has 0 unspecified atom stereocenters. The first-order chi connectivity index (χ1) is 10.6.